The van der Waals surface area contributed by atoms with Crippen LogP contribution < -0.4 is 5.32 Å². The molecule has 0 unspecified atom stereocenters. The van der Waals surface area contributed by atoms with Crippen molar-refractivity contribution in [2.24, 2.45) is 0 Å². The predicted octanol–water partition coefficient (Wildman–Crippen LogP) is 4.03. The highest BCUT2D eigenvalue weighted by Crippen LogP contribution is 2.21. The number of carbonyl (C=O) groups is 2. The molecule has 2 rings (SSSR count). The minimum Gasteiger partial charge on any atom is -0.455 e. The Morgan fingerprint density at radius 3 is 2.52 bits per heavy atom. The van der Waals surface area contributed by atoms with Crippen LogP contribution in [-0.2, 0) is 14.3 Å². The smallest absolute Gasteiger partial charge is 0.316 e. The van der Waals surface area contributed by atoms with Crippen LogP contribution in [0.15, 0.2) is 57.9 Å². The van der Waals surface area contributed by atoms with E-state index in [1.54, 1.807) is 12.1 Å². The number of esters is 1. The number of benzene rings is 2. The summed E-state index contributed by atoms with van der Waals surface area (Å²) >= 11 is 4.72. The number of aryl methyl sites for hydroxylation is 1. The van der Waals surface area contributed by atoms with E-state index in [1.807, 2.05) is 43.3 Å². The molecule has 23 heavy (non-hydrogen) atoms. The molecule has 0 fully saturated rings. The first kappa shape index (κ1) is 17.6. The van der Waals surface area contributed by atoms with E-state index < -0.39 is 5.97 Å². The first-order valence-electron chi connectivity index (χ1n) is 6.94. The van der Waals surface area contributed by atoms with E-state index in [1.165, 1.54) is 11.8 Å². The van der Waals surface area contributed by atoms with Crippen molar-refractivity contribution in [2.45, 2.75) is 11.8 Å². The molecule has 0 aliphatic heterocycles. The van der Waals surface area contributed by atoms with Gasteiger partial charge in [0.1, 0.15) is 0 Å². The Kier molecular flexibility index (Phi) is 6.67. The van der Waals surface area contributed by atoms with Crippen molar-refractivity contribution < 1.29 is 14.3 Å². The number of nitrogens with one attached hydrogen (secondary N) is 1. The molecule has 120 valence electrons. The Balaban J connectivity index is 1.72. The molecule has 0 atom stereocenters. The van der Waals surface area contributed by atoms with Crippen LogP contribution >= 0.6 is 27.7 Å². The van der Waals surface area contributed by atoms with Crippen LogP contribution in [0.1, 0.15) is 5.56 Å². The van der Waals surface area contributed by atoms with Gasteiger partial charge in [-0.1, -0.05) is 34.1 Å². The van der Waals surface area contributed by atoms with Crippen LogP contribution in [0.2, 0.25) is 0 Å². The van der Waals surface area contributed by atoms with Crippen LogP contribution in [0.4, 0.5) is 5.69 Å². The van der Waals surface area contributed by atoms with Crippen LogP contribution in [0.3, 0.4) is 0 Å². The second kappa shape index (κ2) is 8.74. The summed E-state index contributed by atoms with van der Waals surface area (Å²) < 4.78 is 5.91. The standard InChI is InChI=1S/C17H16BrNO3S/c1-12-4-2-3-5-15(12)23-11-17(21)22-10-16(20)19-14-8-6-13(18)7-9-14/h2-9H,10-11H2,1H3,(H,19,20). The Labute approximate surface area is 147 Å². The maximum atomic E-state index is 11.7. The first-order valence-corrected chi connectivity index (χ1v) is 8.72. The maximum Gasteiger partial charge on any atom is 0.316 e. The monoisotopic (exact) mass is 393 g/mol. The van der Waals surface area contributed by atoms with Gasteiger partial charge < -0.3 is 10.1 Å². The van der Waals surface area contributed by atoms with Crippen molar-refractivity contribution in [1.29, 1.82) is 0 Å². The molecule has 6 heteroatoms. The fourth-order valence-corrected chi connectivity index (χ4v) is 2.86. The molecule has 4 nitrogen and oxygen atoms in total. The van der Waals surface area contributed by atoms with Crippen molar-refractivity contribution in [1.82, 2.24) is 0 Å². The fourth-order valence-electron chi connectivity index (χ4n) is 1.77. The summed E-state index contributed by atoms with van der Waals surface area (Å²) in [6, 6.07) is 15.0. The lowest BCUT2D eigenvalue weighted by atomic mass is 10.2. The molecule has 0 aliphatic rings. The van der Waals surface area contributed by atoms with Gasteiger partial charge in [0.25, 0.3) is 5.91 Å². The zero-order valence-electron chi connectivity index (χ0n) is 12.5. The van der Waals surface area contributed by atoms with Crippen LogP contribution in [-0.4, -0.2) is 24.2 Å². The second-order valence-corrected chi connectivity index (χ2v) is 6.70. The number of anilines is 1. The lowest BCUT2D eigenvalue weighted by molar-refractivity contribution is -0.144. The Morgan fingerprint density at radius 1 is 1.13 bits per heavy atom. The lowest BCUT2D eigenvalue weighted by Crippen LogP contribution is -2.21. The Bertz CT molecular complexity index is 688. The van der Waals surface area contributed by atoms with Gasteiger partial charge in [-0.25, -0.2) is 0 Å². The number of ether oxygens (including phenoxy) is 1. The summed E-state index contributed by atoms with van der Waals surface area (Å²) in [5.41, 5.74) is 1.77. The summed E-state index contributed by atoms with van der Waals surface area (Å²) in [7, 11) is 0. The van der Waals surface area contributed by atoms with Gasteiger partial charge in [0.05, 0.1) is 5.75 Å². The van der Waals surface area contributed by atoms with Gasteiger partial charge in [-0.05, 0) is 42.8 Å². The van der Waals surface area contributed by atoms with E-state index in [2.05, 4.69) is 21.2 Å². The van der Waals surface area contributed by atoms with E-state index >= 15 is 0 Å². The summed E-state index contributed by atoms with van der Waals surface area (Å²) in [6.45, 7) is 1.70. The molecule has 0 aromatic heterocycles. The number of carbonyl (C=O) groups excluding carboxylic acids is 2. The van der Waals surface area contributed by atoms with Crippen molar-refractivity contribution in [3.05, 3.63) is 58.6 Å². The van der Waals surface area contributed by atoms with Gasteiger partial charge in [-0.3, -0.25) is 9.59 Å². The van der Waals surface area contributed by atoms with Gasteiger partial charge in [0.15, 0.2) is 6.61 Å². The summed E-state index contributed by atoms with van der Waals surface area (Å²) in [5.74, 6) is -0.595. The average Bonchev–Trinajstić information content (AvgIpc) is 2.54. The molecule has 0 saturated heterocycles. The third-order valence-electron chi connectivity index (χ3n) is 2.93. The van der Waals surface area contributed by atoms with Crippen molar-refractivity contribution >= 4 is 45.3 Å². The van der Waals surface area contributed by atoms with Gasteiger partial charge in [-0.15, -0.1) is 11.8 Å². The van der Waals surface area contributed by atoms with Gasteiger partial charge in [0.2, 0.25) is 0 Å². The zero-order valence-corrected chi connectivity index (χ0v) is 14.9. The molecular formula is C17H16BrNO3S. The van der Waals surface area contributed by atoms with Crippen LogP contribution in [0.25, 0.3) is 0 Å². The Hall–Kier alpha value is -1.79. The van der Waals surface area contributed by atoms with E-state index in [9.17, 15) is 9.59 Å². The normalized spacial score (nSPS) is 10.2. The molecule has 0 spiro atoms. The topological polar surface area (TPSA) is 55.4 Å². The molecule has 0 aliphatic carbocycles. The third kappa shape index (κ3) is 6.08. The van der Waals surface area contributed by atoms with Gasteiger partial charge in [0, 0.05) is 15.1 Å². The summed E-state index contributed by atoms with van der Waals surface area (Å²) in [5, 5.41) is 2.66. The first-order chi connectivity index (χ1) is 11.0. The number of thioether (sulfide) groups is 1. The molecule has 0 radical (unpaired) electrons. The van der Waals surface area contributed by atoms with E-state index in [4.69, 9.17) is 4.74 Å². The highest BCUT2D eigenvalue weighted by molar-refractivity contribution is 9.10. The molecule has 0 saturated carbocycles. The van der Waals surface area contributed by atoms with Gasteiger partial charge >= 0.3 is 5.97 Å². The molecule has 1 N–H and O–H groups in total. The molecule has 2 aromatic carbocycles. The van der Waals surface area contributed by atoms with Crippen molar-refractivity contribution in [3.8, 4) is 0 Å². The van der Waals surface area contributed by atoms with Crippen LogP contribution in [0.5, 0.6) is 0 Å². The summed E-state index contributed by atoms with van der Waals surface area (Å²) in [6.07, 6.45) is 0. The highest BCUT2D eigenvalue weighted by atomic mass is 79.9. The fraction of sp³-hybridized carbons (Fsp3) is 0.176. The number of hydrogen-bond acceptors (Lipinski definition) is 4. The number of amides is 1. The molecule has 0 bridgehead atoms. The van der Waals surface area contributed by atoms with E-state index in [0.717, 1.165) is 14.9 Å². The average molecular weight is 394 g/mol. The molecular weight excluding hydrogens is 378 g/mol. The highest BCUT2D eigenvalue weighted by Gasteiger charge is 2.09. The van der Waals surface area contributed by atoms with E-state index in [-0.39, 0.29) is 18.3 Å². The lowest BCUT2D eigenvalue weighted by Gasteiger charge is -2.07. The third-order valence-corrected chi connectivity index (χ3v) is 4.61. The van der Waals surface area contributed by atoms with Crippen molar-refractivity contribution in [2.75, 3.05) is 17.7 Å². The SMILES string of the molecule is Cc1ccccc1SCC(=O)OCC(=O)Nc1ccc(Br)cc1. The number of rotatable bonds is 6. The van der Waals surface area contributed by atoms with Crippen LogP contribution in [0, 0.1) is 6.92 Å². The number of hydrogen-bond donors (Lipinski definition) is 1. The van der Waals surface area contributed by atoms with E-state index in [0.29, 0.717) is 5.69 Å². The molecule has 1 amide bonds. The maximum absolute atomic E-state index is 11.7. The predicted molar refractivity (Wildman–Crippen MR) is 95.6 cm³/mol. The van der Waals surface area contributed by atoms with Gasteiger partial charge in [-0.2, -0.15) is 0 Å². The summed E-state index contributed by atoms with van der Waals surface area (Å²) in [4.78, 5) is 24.5. The minimum absolute atomic E-state index is 0.177. The minimum atomic E-state index is -0.413. The second-order valence-electron chi connectivity index (χ2n) is 4.77. The van der Waals surface area contributed by atoms with Crippen molar-refractivity contribution in [3.63, 3.8) is 0 Å². The molecule has 0 heterocycles. The largest absolute Gasteiger partial charge is 0.455 e. The quantitative estimate of drug-likeness (QED) is 0.594. The zero-order chi connectivity index (χ0) is 16.7. The Morgan fingerprint density at radius 2 is 1.83 bits per heavy atom. The molecule has 2 aromatic rings. The number of halogens is 1.